The normalized spacial score (nSPS) is 19.5. The maximum absolute atomic E-state index is 11.6. The summed E-state index contributed by atoms with van der Waals surface area (Å²) in [6, 6.07) is 9.19. The number of carbonyl (C=O) groups excluding carboxylic acids is 1. The Labute approximate surface area is 116 Å². The van der Waals surface area contributed by atoms with Crippen LogP contribution in [0.2, 0.25) is 0 Å². The molecule has 3 nitrogen and oxygen atoms in total. The topological polar surface area (TPSA) is 32.3 Å². The molecule has 0 saturated carbocycles. The fourth-order valence-corrected chi connectivity index (χ4v) is 2.71. The van der Waals surface area contributed by atoms with Crippen molar-refractivity contribution in [3.8, 4) is 0 Å². The molecule has 1 aliphatic heterocycles. The van der Waals surface area contributed by atoms with E-state index in [0.29, 0.717) is 6.04 Å². The molecule has 1 unspecified atom stereocenters. The second-order valence-corrected chi connectivity index (χ2v) is 5.28. The highest BCUT2D eigenvalue weighted by Gasteiger charge is 2.23. The summed E-state index contributed by atoms with van der Waals surface area (Å²) < 4.78 is 0. The van der Waals surface area contributed by atoms with Crippen molar-refractivity contribution in [1.82, 2.24) is 10.2 Å². The van der Waals surface area contributed by atoms with Gasteiger partial charge < -0.3 is 10.2 Å². The van der Waals surface area contributed by atoms with Crippen molar-refractivity contribution in [1.29, 1.82) is 0 Å². The van der Waals surface area contributed by atoms with Gasteiger partial charge in [-0.3, -0.25) is 4.79 Å². The number of amides is 1. The predicted octanol–water partition coefficient (Wildman–Crippen LogP) is 2.00. The lowest BCUT2D eigenvalue weighted by Crippen LogP contribution is -2.53. The summed E-state index contributed by atoms with van der Waals surface area (Å²) in [5.74, 6) is 0.202. The van der Waals surface area contributed by atoms with Gasteiger partial charge in [0.05, 0.1) is 0 Å². The smallest absolute Gasteiger partial charge is 0.219 e. The molecule has 104 valence electrons. The van der Waals surface area contributed by atoms with E-state index < -0.39 is 0 Å². The maximum atomic E-state index is 11.6. The molecule has 0 spiro atoms. The molecule has 1 saturated heterocycles. The van der Waals surface area contributed by atoms with Crippen LogP contribution < -0.4 is 5.32 Å². The molecule has 1 amide bonds. The van der Waals surface area contributed by atoms with Crippen LogP contribution in [0.25, 0.3) is 0 Å². The zero-order chi connectivity index (χ0) is 13.7. The van der Waals surface area contributed by atoms with Gasteiger partial charge in [-0.1, -0.05) is 31.2 Å². The maximum Gasteiger partial charge on any atom is 0.219 e. The number of hydrogen-bond acceptors (Lipinski definition) is 2. The van der Waals surface area contributed by atoms with Crippen LogP contribution in [-0.4, -0.2) is 36.5 Å². The van der Waals surface area contributed by atoms with Crippen molar-refractivity contribution < 1.29 is 4.79 Å². The largest absolute Gasteiger partial charge is 0.337 e. The minimum atomic E-state index is 0.202. The number of aryl methyl sites for hydroxylation is 2. The summed E-state index contributed by atoms with van der Waals surface area (Å²) in [4.78, 5) is 13.6. The Kier molecular flexibility index (Phi) is 4.97. The van der Waals surface area contributed by atoms with Gasteiger partial charge in [-0.2, -0.15) is 0 Å². The minimum Gasteiger partial charge on any atom is -0.337 e. The Morgan fingerprint density at radius 2 is 2.00 bits per heavy atom. The van der Waals surface area contributed by atoms with Crippen LogP contribution in [0.3, 0.4) is 0 Å². The number of rotatable bonds is 4. The van der Waals surface area contributed by atoms with E-state index in [4.69, 9.17) is 0 Å². The fraction of sp³-hybridized carbons (Fsp3) is 0.562. The summed E-state index contributed by atoms with van der Waals surface area (Å²) >= 11 is 0. The van der Waals surface area contributed by atoms with Crippen molar-refractivity contribution in [3.05, 3.63) is 35.4 Å². The van der Waals surface area contributed by atoms with E-state index in [2.05, 4.69) is 36.5 Å². The van der Waals surface area contributed by atoms with E-state index in [-0.39, 0.29) is 5.91 Å². The Morgan fingerprint density at radius 1 is 1.32 bits per heavy atom. The molecule has 1 fully saturated rings. The minimum absolute atomic E-state index is 0.202. The van der Waals surface area contributed by atoms with Crippen LogP contribution in [0.15, 0.2) is 24.3 Å². The Bertz CT molecular complexity index is 413. The van der Waals surface area contributed by atoms with E-state index in [1.54, 1.807) is 6.92 Å². The molecule has 3 heteroatoms. The molecule has 1 aromatic carbocycles. The Hall–Kier alpha value is -1.35. The molecule has 0 aromatic heterocycles. The van der Waals surface area contributed by atoms with E-state index in [9.17, 15) is 4.79 Å². The van der Waals surface area contributed by atoms with Crippen LogP contribution in [-0.2, 0) is 17.6 Å². The molecule has 0 aliphatic carbocycles. The van der Waals surface area contributed by atoms with Crippen molar-refractivity contribution >= 4 is 5.91 Å². The highest BCUT2D eigenvalue weighted by Crippen LogP contribution is 2.13. The van der Waals surface area contributed by atoms with Crippen molar-refractivity contribution in [3.63, 3.8) is 0 Å². The molecule has 1 aromatic rings. The number of carbonyl (C=O) groups is 1. The number of nitrogens with zero attached hydrogens (tertiary/aromatic N) is 1. The summed E-state index contributed by atoms with van der Waals surface area (Å²) in [5, 5.41) is 3.38. The first-order valence-corrected chi connectivity index (χ1v) is 7.26. The van der Waals surface area contributed by atoms with Gasteiger partial charge in [-0.25, -0.2) is 0 Å². The van der Waals surface area contributed by atoms with E-state index in [0.717, 1.165) is 38.9 Å². The van der Waals surface area contributed by atoms with E-state index >= 15 is 0 Å². The van der Waals surface area contributed by atoms with Gasteiger partial charge in [0.15, 0.2) is 0 Å². The summed E-state index contributed by atoms with van der Waals surface area (Å²) in [6.07, 6.45) is 3.17. The molecule has 1 N–H and O–H groups in total. The first kappa shape index (κ1) is 14.1. The Morgan fingerprint density at radius 3 is 2.63 bits per heavy atom. The van der Waals surface area contributed by atoms with Crippen LogP contribution in [0.5, 0.6) is 0 Å². The molecular formula is C16H24N2O. The highest BCUT2D eigenvalue weighted by atomic mass is 16.2. The van der Waals surface area contributed by atoms with Gasteiger partial charge in [-0.15, -0.1) is 0 Å². The monoisotopic (exact) mass is 260 g/mol. The van der Waals surface area contributed by atoms with Crippen LogP contribution in [0.4, 0.5) is 0 Å². The van der Waals surface area contributed by atoms with Gasteiger partial charge in [0.1, 0.15) is 0 Å². The van der Waals surface area contributed by atoms with Crippen molar-refractivity contribution in [2.45, 2.75) is 39.2 Å². The van der Waals surface area contributed by atoms with E-state index in [1.807, 2.05) is 4.90 Å². The highest BCUT2D eigenvalue weighted by molar-refractivity contribution is 5.73. The third-order valence-electron chi connectivity index (χ3n) is 3.95. The second-order valence-electron chi connectivity index (χ2n) is 5.28. The van der Waals surface area contributed by atoms with Crippen LogP contribution in [0, 0.1) is 0 Å². The number of hydrogen-bond donors (Lipinski definition) is 1. The first-order valence-electron chi connectivity index (χ1n) is 7.26. The Balaban J connectivity index is 1.90. The molecule has 1 atom stereocenters. The van der Waals surface area contributed by atoms with Gasteiger partial charge >= 0.3 is 0 Å². The fourth-order valence-electron chi connectivity index (χ4n) is 2.71. The third-order valence-corrected chi connectivity index (χ3v) is 3.95. The average molecular weight is 260 g/mol. The molecular weight excluding hydrogens is 236 g/mol. The lowest BCUT2D eigenvalue weighted by molar-refractivity contribution is -0.132. The average Bonchev–Trinajstić information content (AvgIpc) is 2.46. The quantitative estimate of drug-likeness (QED) is 0.898. The number of piperazine rings is 1. The molecule has 1 aliphatic rings. The molecule has 19 heavy (non-hydrogen) atoms. The van der Waals surface area contributed by atoms with E-state index in [1.165, 1.54) is 11.1 Å². The zero-order valence-electron chi connectivity index (χ0n) is 12.0. The van der Waals surface area contributed by atoms with Gasteiger partial charge in [-0.05, 0) is 30.4 Å². The summed E-state index contributed by atoms with van der Waals surface area (Å²) in [7, 11) is 0. The number of nitrogens with one attached hydrogen (secondary N) is 1. The second kappa shape index (κ2) is 6.71. The molecule has 0 bridgehead atoms. The standard InChI is InChI=1S/C16H24N2O/c1-3-14-4-6-15(7-5-14)8-9-16-12-17-10-11-18(16)13(2)19/h4-7,16-17H,3,8-12H2,1-2H3. The SMILES string of the molecule is CCc1ccc(CCC2CNCCN2C(C)=O)cc1. The summed E-state index contributed by atoms with van der Waals surface area (Å²) in [5.41, 5.74) is 2.75. The van der Waals surface area contributed by atoms with Gasteiger partial charge in [0.2, 0.25) is 5.91 Å². The van der Waals surface area contributed by atoms with Crippen molar-refractivity contribution in [2.24, 2.45) is 0 Å². The number of benzene rings is 1. The molecule has 2 rings (SSSR count). The lowest BCUT2D eigenvalue weighted by Gasteiger charge is -2.35. The summed E-state index contributed by atoms with van der Waals surface area (Å²) in [6.45, 7) is 6.53. The van der Waals surface area contributed by atoms with Crippen LogP contribution in [0.1, 0.15) is 31.4 Å². The lowest BCUT2D eigenvalue weighted by atomic mass is 10.0. The first-order chi connectivity index (χ1) is 9.20. The molecule has 1 heterocycles. The zero-order valence-corrected chi connectivity index (χ0v) is 12.0. The molecule has 0 radical (unpaired) electrons. The van der Waals surface area contributed by atoms with Crippen LogP contribution >= 0.6 is 0 Å². The van der Waals surface area contributed by atoms with Gasteiger partial charge in [0.25, 0.3) is 0 Å². The third kappa shape index (κ3) is 3.80. The van der Waals surface area contributed by atoms with Gasteiger partial charge in [0, 0.05) is 32.6 Å². The van der Waals surface area contributed by atoms with Crippen molar-refractivity contribution in [2.75, 3.05) is 19.6 Å². The predicted molar refractivity (Wildman–Crippen MR) is 78.2 cm³/mol.